The molecule has 0 atom stereocenters. The maximum absolute atomic E-state index is 11.4. The first-order valence-electron chi connectivity index (χ1n) is 5.63. The smallest absolute Gasteiger partial charge is 0.238 e. The Hall–Kier alpha value is -1.46. The molecule has 1 aliphatic heterocycles. The third kappa shape index (κ3) is 3.27. The largest absolute Gasteiger partial charge is 0.490 e. The van der Waals surface area contributed by atoms with Crippen molar-refractivity contribution in [2.45, 2.75) is 0 Å². The fraction of sp³-hybridized carbons (Fsp3) is 0.417. The van der Waals surface area contributed by atoms with Gasteiger partial charge in [0.05, 0.1) is 18.8 Å². The first kappa shape index (κ1) is 14.6. The number of nitrogens with zero attached hydrogens (tertiary/aromatic N) is 1. The summed E-state index contributed by atoms with van der Waals surface area (Å²) in [5, 5.41) is 5.64. The molecule has 0 unspecified atom stereocenters. The molecule has 0 aromatic heterocycles. The fourth-order valence-electron chi connectivity index (χ4n) is 1.79. The minimum atomic E-state index is -0.0492. The monoisotopic (exact) mass is 271 g/mol. The van der Waals surface area contributed by atoms with Crippen molar-refractivity contribution >= 4 is 29.7 Å². The van der Waals surface area contributed by atoms with Gasteiger partial charge in [-0.1, -0.05) is 0 Å². The molecule has 1 aromatic rings. The molecule has 1 heterocycles. The number of anilines is 2. The second-order valence-electron chi connectivity index (χ2n) is 4.03. The summed E-state index contributed by atoms with van der Waals surface area (Å²) in [5.74, 6) is 0.817. The molecule has 18 heavy (non-hydrogen) atoms. The van der Waals surface area contributed by atoms with E-state index in [9.17, 15) is 4.79 Å². The van der Waals surface area contributed by atoms with E-state index < -0.39 is 0 Å². The van der Waals surface area contributed by atoms with Crippen LogP contribution in [0.4, 0.5) is 11.4 Å². The van der Waals surface area contributed by atoms with Gasteiger partial charge >= 0.3 is 0 Å². The maximum Gasteiger partial charge on any atom is 0.238 e. The normalized spacial score (nSPS) is 13.1. The molecule has 100 valence electrons. The lowest BCUT2D eigenvalue weighted by Gasteiger charge is -2.28. The number of rotatable bonds is 3. The predicted octanol–water partition coefficient (Wildman–Crippen LogP) is 1.09. The van der Waals surface area contributed by atoms with Crippen molar-refractivity contribution in [3.8, 4) is 5.75 Å². The molecule has 1 aromatic carbocycles. The summed E-state index contributed by atoms with van der Waals surface area (Å²) in [4.78, 5) is 13.6. The van der Waals surface area contributed by atoms with E-state index in [-0.39, 0.29) is 18.3 Å². The van der Waals surface area contributed by atoms with E-state index in [1.807, 2.05) is 25.2 Å². The van der Waals surface area contributed by atoms with Gasteiger partial charge in [-0.05, 0) is 25.2 Å². The molecule has 2 rings (SSSR count). The highest BCUT2D eigenvalue weighted by Crippen LogP contribution is 2.32. The molecular formula is C12H18ClN3O2. The molecule has 6 heteroatoms. The Bertz CT molecular complexity index is 426. The van der Waals surface area contributed by atoms with Gasteiger partial charge in [-0.15, -0.1) is 12.4 Å². The Labute approximate surface area is 113 Å². The third-order valence-corrected chi connectivity index (χ3v) is 2.68. The van der Waals surface area contributed by atoms with Gasteiger partial charge in [0.1, 0.15) is 12.4 Å². The molecule has 2 N–H and O–H groups in total. The number of carbonyl (C=O) groups excluding carboxylic acids is 1. The Morgan fingerprint density at radius 3 is 3.00 bits per heavy atom. The van der Waals surface area contributed by atoms with E-state index in [0.29, 0.717) is 13.2 Å². The van der Waals surface area contributed by atoms with Gasteiger partial charge in [0, 0.05) is 12.7 Å². The average Bonchev–Trinajstić information content (AvgIpc) is 2.30. The summed E-state index contributed by atoms with van der Waals surface area (Å²) < 4.78 is 5.53. The SMILES string of the molecule is CNCC(=O)Nc1ccc2c(c1)N(C)CCO2.Cl. The van der Waals surface area contributed by atoms with Gasteiger partial charge < -0.3 is 20.3 Å². The Balaban J connectivity index is 0.00000162. The fourth-order valence-corrected chi connectivity index (χ4v) is 1.79. The van der Waals surface area contributed by atoms with Gasteiger partial charge in [-0.25, -0.2) is 0 Å². The van der Waals surface area contributed by atoms with Gasteiger partial charge in [0.25, 0.3) is 0 Å². The van der Waals surface area contributed by atoms with Crippen LogP contribution in [0.25, 0.3) is 0 Å². The van der Waals surface area contributed by atoms with Crippen molar-refractivity contribution in [1.82, 2.24) is 5.32 Å². The molecular weight excluding hydrogens is 254 g/mol. The summed E-state index contributed by atoms with van der Waals surface area (Å²) >= 11 is 0. The van der Waals surface area contributed by atoms with Crippen LogP contribution in [0, 0.1) is 0 Å². The van der Waals surface area contributed by atoms with E-state index in [2.05, 4.69) is 15.5 Å². The van der Waals surface area contributed by atoms with Gasteiger partial charge in [0.2, 0.25) is 5.91 Å². The van der Waals surface area contributed by atoms with Crippen molar-refractivity contribution < 1.29 is 9.53 Å². The number of benzene rings is 1. The summed E-state index contributed by atoms with van der Waals surface area (Å²) in [6.07, 6.45) is 0. The standard InChI is InChI=1S/C12H17N3O2.ClH/c1-13-8-12(16)14-9-3-4-11-10(7-9)15(2)5-6-17-11;/h3-4,7,13H,5-6,8H2,1-2H3,(H,14,16);1H. The zero-order chi connectivity index (χ0) is 12.3. The molecule has 0 radical (unpaired) electrons. The van der Waals surface area contributed by atoms with Crippen molar-refractivity contribution in [3.05, 3.63) is 18.2 Å². The van der Waals surface area contributed by atoms with Crippen LogP contribution < -0.4 is 20.3 Å². The number of nitrogens with one attached hydrogen (secondary N) is 2. The lowest BCUT2D eigenvalue weighted by atomic mass is 10.2. The zero-order valence-electron chi connectivity index (χ0n) is 10.5. The van der Waals surface area contributed by atoms with Crippen LogP contribution in [0.1, 0.15) is 0 Å². The molecule has 1 amide bonds. The second-order valence-corrected chi connectivity index (χ2v) is 4.03. The lowest BCUT2D eigenvalue weighted by molar-refractivity contribution is -0.115. The zero-order valence-corrected chi connectivity index (χ0v) is 11.3. The minimum Gasteiger partial charge on any atom is -0.490 e. The molecule has 0 saturated carbocycles. The van der Waals surface area contributed by atoms with Crippen molar-refractivity contribution in [2.75, 3.05) is 44.0 Å². The first-order chi connectivity index (χ1) is 8.20. The summed E-state index contributed by atoms with van der Waals surface area (Å²) in [7, 11) is 3.76. The lowest BCUT2D eigenvalue weighted by Crippen LogP contribution is -2.29. The van der Waals surface area contributed by atoms with Gasteiger partial charge in [0.15, 0.2) is 0 Å². The van der Waals surface area contributed by atoms with Crippen LogP contribution in [0.3, 0.4) is 0 Å². The van der Waals surface area contributed by atoms with E-state index in [0.717, 1.165) is 23.7 Å². The maximum atomic E-state index is 11.4. The van der Waals surface area contributed by atoms with Crippen LogP contribution >= 0.6 is 12.4 Å². The van der Waals surface area contributed by atoms with Crippen LogP contribution in [0.2, 0.25) is 0 Å². The van der Waals surface area contributed by atoms with E-state index >= 15 is 0 Å². The summed E-state index contributed by atoms with van der Waals surface area (Å²) in [5.41, 5.74) is 1.81. The van der Waals surface area contributed by atoms with E-state index in [4.69, 9.17) is 4.74 Å². The van der Waals surface area contributed by atoms with Gasteiger partial charge in [-0.3, -0.25) is 4.79 Å². The number of halogens is 1. The summed E-state index contributed by atoms with van der Waals surface area (Å²) in [6.45, 7) is 1.87. The van der Waals surface area contributed by atoms with Gasteiger partial charge in [-0.2, -0.15) is 0 Å². The predicted molar refractivity (Wildman–Crippen MR) is 75.0 cm³/mol. The molecule has 1 aliphatic rings. The molecule has 0 spiro atoms. The van der Waals surface area contributed by atoms with Crippen LogP contribution in [-0.2, 0) is 4.79 Å². The highest BCUT2D eigenvalue weighted by Gasteiger charge is 2.15. The molecule has 0 saturated heterocycles. The molecule has 5 nitrogen and oxygen atoms in total. The molecule has 0 bridgehead atoms. The van der Waals surface area contributed by atoms with Crippen molar-refractivity contribution in [3.63, 3.8) is 0 Å². The molecule has 0 aliphatic carbocycles. The minimum absolute atomic E-state index is 0. The quantitative estimate of drug-likeness (QED) is 0.864. The number of likely N-dealkylation sites (N-methyl/N-ethyl adjacent to an activating group) is 2. The van der Waals surface area contributed by atoms with Crippen LogP contribution in [0.5, 0.6) is 5.75 Å². The first-order valence-corrected chi connectivity index (χ1v) is 5.63. The number of amides is 1. The number of fused-ring (bicyclic) bond motifs is 1. The number of carbonyl (C=O) groups is 1. The topological polar surface area (TPSA) is 53.6 Å². The Morgan fingerprint density at radius 1 is 1.50 bits per heavy atom. The average molecular weight is 272 g/mol. The van der Waals surface area contributed by atoms with Crippen LogP contribution in [0.15, 0.2) is 18.2 Å². The number of hydrogen-bond acceptors (Lipinski definition) is 4. The van der Waals surface area contributed by atoms with Crippen LogP contribution in [-0.4, -0.2) is 39.7 Å². The van der Waals surface area contributed by atoms with Crippen molar-refractivity contribution in [1.29, 1.82) is 0 Å². The Morgan fingerprint density at radius 2 is 2.28 bits per heavy atom. The highest BCUT2D eigenvalue weighted by molar-refractivity contribution is 5.93. The van der Waals surface area contributed by atoms with E-state index in [1.54, 1.807) is 7.05 Å². The molecule has 0 fully saturated rings. The summed E-state index contributed by atoms with van der Waals surface area (Å²) in [6, 6.07) is 5.67. The van der Waals surface area contributed by atoms with E-state index in [1.165, 1.54) is 0 Å². The number of hydrogen-bond donors (Lipinski definition) is 2. The third-order valence-electron chi connectivity index (χ3n) is 2.68. The van der Waals surface area contributed by atoms with Crippen molar-refractivity contribution in [2.24, 2.45) is 0 Å². The Kier molecular flexibility index (Phi) is 5.25. The second kappa shape index (κ2) is 6.47. The highest BCUT2D eigenvalue weighted by atomic mass is 35.5. The number of ether oxygens (including phenoxy) is 1.